The summed E-state index contributed by atoms with van der Waals surface area (Å²) in [6, 6.07) is 9.26. The average Bonchev–Trinajstić information content (AvgIpc) is 2.95. The van der Waals surface area contributed by atoms with Crippen LogP contribution in [-0.4, -0.2) is 72.0 Å². The molecule has 3 rings (SSSR count). The summed E-state index contributed by atoms with van der Waals surface area (Å²) in [5, 5.41) is 0. The maximum atomic E-state index is 14.2. The lowest BCUT2D eigenvalue weighted by Gasteiger charge is -2.24. The van der Waals surface area contributed by atoms with Crippen molar-refractivity contribution in [3.63, 3.8) is 0 Å². The van der Waals surface area contributed by atoms with Crippen molar-refractivity contribution in [3.8, 4) is 0 Å². The normalized spacial score (nSPS) is 16.7. The third kappa shape index (κ3) is 6.08. The van der Waals surface area contributed by atoms with Gasteiger partial charge >= 0.3 is 5.97 Å². The molecule has 2 aromatic rings. The van der Waals surface area contributed by atoms with Crippen LogP contribution in [0.3, 0.4) is 0 Å². The molecule has 164 valence electrons. The van der Waals surface area contributed by atoms with Crippen LogP contribution < -0.4 is 0 Å². The zero-order valence-electron chi connectivity index (χ0n) is 17.2. The van der Waals surface area contributed by atoms with Gasteiger partial charge in [0.15, 0.2) is 0 Å². The summed E-state index contributed by atoms with van der Waals surface area (Å²) < 4.78 is 24.8. The van der Waals surface area contributed by atoms with Gasteiger partial charge in [-0.1, -0.05) is 12.1 Å². The van der Waals surface area contributed by atoms with Gasteiger partial charge in [0.1, 0.15) is 12.4 Å². The van der Waals surface area contributed by atoms with Gasteiger partial charge in [0.25, 0.3) is 5.91 Å². The van der Waals surface area contributed by atoms with Crippen LogP contribution in [0.25, 0.3) is 0 Å². The first-order valence-corrected chi connectivity index (χ1v) is 9.87. The van der Waals surface area contributed by atoms with Crippen molar-refractivity contribution in [1.82, 2.24) is 14.8 Å². The minimum Gasteiger partial charge on any atom is -0.469 e. The van der Waals surface area contributed by atoms with Gasteiger partial charge in [-0.2, -0.15) is 0 Å². The number of benzene rings is 1. The zero-order chi connectivity index (χ0) is 22.2. The molecule has 2 heterocycles. The molecule has 1 aliphatic rings. The van der Waals surface area contributed by atoms with Crippen LogP contribution in [0.15, 0.2) is 48.8 Å². The molecule has 0 radical (unpaired) electrons. The molecule has 31 heavy (non-hydrogen) atoms. The molecule has 2 amide bonds. The second kappa shape index (κ2) is 10.6. The monoisotopic (exact) mass is 429 g/mol. The molecular formula is C22H24FN3O5. The first-order valence-electron chi connectivity index (χ1n) is 9.87. The Hall–Kier alpha value is -3.33. The summed E-state index contributed by atoms with van der Waals surface area (Å²) in [6.07, 6.45) is 2.80. The number of methoxy groups -OCH3 is 1. The molecule has 1 atom stereocenters. The molecule has 0 spiro atoms. The summed E-state index contributed by atoms with van der Waals surface area (Å²) >= 11 is 0. The van der Waals surface area contributed by atoms with Gasteiger partial charge < -0.3 is 19.3 Å². The Morgan fingerprint density at radius 2 is 1.90 bits per heavy atom. The highest BCUT2D eigenvalue weighted by Gasteiger charge is 2.32. The van der Waals surface area contributed by atoms with Gasteiger partial charge in [0.2, 0.25) is 5.91 Å². The average molecular weight is 429 g/mol. The predicted octanol–water partition coefficient (Wildman–Crippen LogP) is 1.65. The summed E-state index contributed by atoms with van der Waals surface area (Å²) in [6.45, 7) is 0.473. The van der Waals surface area contributed by atoms with Crippen molar-refractivity contribution in [2.24, 2.45) is 0 Å². The molecule has 0 bridgehead atoms. The second-order valence-corrected chi connectivity index (χ2v) is 7.12. The fraction of sp³-hybridized carbons (Fsp3) is 0.364. The maximum Gasteiger partial charge on any atom is 0.307 e. The van der Waals surface area contributed by atoms with Crippen molar-refractivity contribution in [1.29, 1.82) is 0 Å². The first kappa shape index (κ1) is 22.4. The highest BCUT2D eigenvalue weighted by molar-refractivity contribution is 5.97. The van der Waals surface area contributed by atoms with Gasteiger partial charge in [-0.3, -0.25) is 19.4 Å². The van der Waals surface area contributed by atoms with E-state index in [1.165, 1.54) is 35.1 Å². The van der Waals surface area contributed by atoms with E-state index in [9.17, 15) is 18.8 Å². The topological polar surface area (TPSA) is 89.0 Å². The lowest BCUT2D eigenvalue weighted by Crippen LogP contribution is -2.40. The quantitative estimate of drug-likeness (QED) is 0.622. The number of nitrogens with zero attached hydrogens (tertiary/aromatic N) is 3. The van der Waals surface area contributed by atoms with Gasteiger partial charge in [-0.25, -0.2) is 4.39 Å². The van der Waals surface area contributed by atoms with Crippen LogP contribution in [0.5, 0.6) is 0 Å². The number of halogens is 1. The second-order valence-electron chi connectivity index (χ2n) is 7.12. The van der Waals surface area contributed by atoms with Crippen LogP contribution in [-0.2, 0) is 25.7 Å². The number of hydrogen-bond acceptors (Lipinski definition) is 6. The van der Waals surface area contributed by atoms with Crippen LogP contribution in [0.1, 0.15) is 22.3 Å². The summed E-state index contributed by atoms with van der Waals surface area (Å²) in [4.78, 5) is 44.0. The molecule has 1 aliphatic heterocycles. The number of esters is 1. The standard InChI is InChI=1S/C22H24FN3O5/c1-30-21(28)8-11-25-12-17(31-15-16-6-9-24-10-7-16)13-26(14-20(25)27)22(29)18-4-2-3-5-19(18)23/h2-7,9-10,17H,8,11-15H2,1H3. The molecule has 0 N–H and O–H groups in total. The molecule has 1 fully saturated rings. The van der Waals surface area contributed by atoms with Crippen LogP contribution in [0, 0.1) is 5.82 Å². The zero-order valence-corrected chi connectivity index (χ0v) is 17.2. The van der Waals surface area contributed by atoms with Gasteiger partial charge in [0, 0.05) is 32.0 Å². The van der Waals surface area contributed by atoms with E-state index in [1.54, 1.807) is 30.6 Å². The van der Waals surface area contributed by atoms with Crippen molar-refractivity contribution >= 4 is 17.8 Å². The summed E-state index contributed by atoms with van der Waals surface area (Å²) in [5.41, 5.74) is 0.782. The van der Waals surface area contributed by atoms with Crippen molar-refractivity contribution in [3.05, 3.63) is 65.7 Å². The van der Waals surface area contributed by atoms with E-state index in [0.29, 0.717) is 0 Å². The predicted molar refractivity (Wildman–Crippen MR) is 108 cm³/mol. The summed E-state index contributed by atoms with van der Waals surface area (Å²) in [5.74, 6) is -2.02. The Morgan fingerprint density at radius 1 is 1.16 bits per heavy atom. The third-order valence-electron chi connectivity index (χ3n) is 4.97. The van der Waals surface area contributed by atoms with Gasteiger partial charge in [0.05, 0.1) is 31.8 Å². The molecule has 1 saturated heterocycles. The number of carbonyl (C=O) groups excluding carboxylic acids is 3. The highest BCUT2D eigenvalue weighted by atomic mass is 19.1. The molecule has 8 nitrogen and oxygen atoms in total. The molecule has 0 saturated carbocycles. The molecule has 1 aromatic carbocycles. The number of hydrogen-bond donors (Lipinski definition) is 0. The van der Waals surface area contributed by atoms with Crippen LogP contribution >= 0.6 is 0 Å². The summed E-state index contributed by atoms with van der Waals surface area (Å²) in [7, 11) is 1.28. The van der Waals surface area contributed by atoms with E-state index in [4.69, 9.17) is 4.74 Å². The number of pyridine rings is 1. The lowest BCUT2D eigenvalue weighted by molar-refractivity contribution is -0.142. The van der Waals surface area contributed by atoms with Crippen molar-refractivity contribution in [2.45, 2.75) is 19.1 Å². The van der Waals surface area contributed by atoms with E-state index in [1.807, 2.05) is 0 Å². The van der Waals surface area contributed by atoms with Crippen LogP contribution in [0.4, 0.5) is 4.39 Å². The molecule has 0 aliphatic carbocycles. The molecule has 1 unspecified atom stereocenters. The Bertz CT molecular complexity index is 924. The van der Waals surface area contributed by atoms with Crippen molar-refractivity contribution in [2.75, 3.05) is 33.3 Å². The Morgan fingerprint density at radius 3 is 2.61 bits per heavy atom. The number of amides is 2. The fourth-order valence-electron chi connectivity index (χ4n) is 3.28. The third-order valence-corrected chi connectivity index (χ3v) is 4.97. The van der Waals surface area contributed by atoms with Gasteiger partial charge in [-0.15, -0.1) is 0 Å². The minimum atomic E-state index is -0.652. The van der Waals surface area contributed by atoms with Gasteiger partial charge in [-0.05, 0) is 29.8 Å². The largest absolute Gasteiger partial charge is 0.469 e. The molecule has 9 heteroatoms. The minimum absolute atomic E-state index is 0.0283. The van der Waals surface area contributed by atoms with Crippen LogP contribution in [0.2, 0.25) is 0 Å². The van der Waals surface area contributed by atoms with E-state index in [0.717, 1.165) is 5.56 Å². The SMILES string of the molecule is COC(=O)CCN1CC(OCc2ccncc2)CN(C(=O)c2ccccc2F)CC1=O. The number of rotatable bonds is 7. The van der Waals surface area contributed by atoms with E-state index in [-0.39, 0.29) is 50.7 Å². The van der Waals surface area contributed by atoms with E-state index in [2.05, 4.69) is 9.72 Å². The van der Waals surface area contributed by atoms with E-state index >= 15 is 0 Å². The first-order chi connectivity index (χ1) is 15.0. The Labute approximate surface area is 179 Å². The Kier molecular flexibility index (Phi) is 7.66. The number of ether oxygens (including phenoxy) is 2. The number of aromatic nitrogens is 1. The van der Waals surface area contributed by atoms with E-state index < -0.39 is 23.8 Å². The number of carbonyl (C=O) groups is 3. The Balaban J connectivity index is 1.77. The molecular weight excluding hydrogens is 405 g/mol. The highest BCUT2D eigenvalue weighted by Crippen LogP contribution is 2.16. The smallest absolute Gasteiger partial charge is 0.307 e. The maximum absolute atomic E-state index is 14.2. The fourth-order valence-corrected chi connectivity index (χ4v) is 3.28. The lowest BCUT2D eigenvalue weighted by atomic mass is 10.1. The molecule has 1 aromatic heterocycles. The van der Waals surface area contributed by atoms with Crippen molar-refractivity contribution < 1.29 is 28.2 Å².